The van der Waals surface area contributed by atoms with Crippen molar-refractivity contribution >= 4 is 27.2 Å². The highest BCUT2D eigenvalue weighted by atomic mass is 32.2. The molecule has 0 radical (unpaired) electrons. The Balaban J connectivity index is 3.06. The average molecular weight is 294 g/mol. The van der Waals surface area contributed by atoms with E-state index in [0.29, 0.717) is 11.1 Å². The summed E-state index contributed by atoms with van der Waals surface area (Å²) in [6.45, 7) is 0.623. The Labute approximate surface area is 109 Å². The number of thiocarbonyl (C=S) groups is 1. The third kappa shape index (κ3) is 3.69. The summed E-state index contributed by atoms with van der Waals surface area (Å²) >= 11 is 4.76. The number of hydrogen-bond acceptors (Lipinski definition) is 3. The van der Waals surface area contributed by atoms with Crippen molar-refractivity contribution in [2.75, 3.05) is 6.54 Å². The lowest BCUT2D eigenvalue weighted by molar-refractivity contribution is 0.153. The molecule has 0 heterocycles. The predicted molar refractivity (Wildman–Crippen MR) is 68.3 cm³/mol. The van der Waals surface area contributed by atoms with Gasteiger partial charge in [-0.25, -0.2) is 21.9 Å². The normalized spacial score (nSPS) is 11.8. The monoisotopic (exact) mass is 294 g/mol. The first-order valence-corrected chi connectivity index (χ1v) is 6.81. The average Bonchev–Trinajstić information content (AvgIpc) is 2.26. The van der Waals surface area contributed by atoms with Gasteiger partial charge in [-0.3, -0.25) is 0 Å². The van der Waals surface area contributed by atoms with Gasteiger partial charge >= 0.3 is 0 Å². The first-order valence-electron chi connectivity index (χ1n) is 4.92. The molecule has 1 aromatic rings. The molecule has 0 saturated carbocycles. The molecule has 1 aromatic carbocycles. The maximum atomic E-state index is 12.0. The summed E-state index contributed by atoms with van der Waals surface area (Å²) in [5.41, 5.74) is 6.32. The molecule has 3 N–H and O–H groups in total. The van der Waals surface area contributed by atoms with Crippen LogP contribution in [0.2, 0.25) is 0 Å². The van der Waals surface area contributed by atoms with Crippen LogP contribution in [-0.4, -0.2) is 26.4 Å². The van der Waals surface area contributed by atoms with E-state index in [0.717, 1.165) is 0 Å². The second-order valence-electron chi connectivity index (χ2n) is 3.59. The van der Waals surface area contributed by atoms with Crippen LogP contribution in [-0.2, 0) is 10.0 Å². The van der Waals surface area contributed by atoms with Crippen LogP contribution in [0.15, 0.2) is 23.1 Å². The van der Waals surface area contributed by atoms with Crippen LogP contribution >= 0.6 is 12.2 Å². The Hall–Kier alpha value is -1.12. The Morgan fingerprint density at radius 1 is 1.50 bits per heavy atom. The van der Waals surface area contributed by atoms with Crippen molar-refractivity contribution in [3.63, 3.8) is 0 Å². The van der Waals surface area contributed by atoms with Crippen molar-refractivity contribution < 1.29 is 17.2 Å². The van der Waals surface area contributed by atoms with Gasteiger partial charge in [-0.1, -0.05) is 18.3 Å². The van der Waals surface area contributed by atoms with Gasteiger partial charge in [-0.2, -0.15) is 0 Å². The fourth-order valence-electron chi connectivity index (χ4n) is 1.35. The van der Waals surface area contributed by atoms with Gasteiger partial charge in [0.2, 0.25) is 10.0 Å². The summed E-state index contributed by atoms with van der Waals surface area (Å²) < 4.78 is 49.3. The molecule has 100 valence electrons. The van der Waals surface area contributed by atoms with Crippen molar-refractivity contribution in [1.82, 2.24) is 4.72 Å². The van der Waals surface area contributed by atoms with E-state index in [1.165, 1.54) is 18.2 Å². The first-order chi connectivity index (χ1) is 8.24. The molecule has 0 atom stereocenters. The highest BCUT2D eigenvalue weighted by Crippen LogP contribution is 2.16. The number of sulfonamides is 1. The molecule has 0 bridgehead atoms. The second kappa shape index (κ2) is 5.68. The maximum absolute atomic E-state index is 12.0. The van der Waals surface area contributed by atoms with Crippen LogP contribution < -0.4 is 10.5 Å². The van der Waals surface area contributed by atoms with Gasteiger partial charge in [0.15, 0.2) is 0 Å². The quantitative estimate of drug-likeness (QED) is 0.800. The molecule has 0 spiro atoms. The number of nitrogens with two attached hydrogens (primary N) is 1. The largest absolute Gasteiger partial charge is 0.389 e. The Kier molecular flexibility index (Phi) is 4.71. The molecule has 0 saturated heterocycles. The summed E-state index contributed by atoms with van der Waals surface area (Å²) in [4.78, 5) is 0.0748. The fourth-order valence-corrected chi connectivity index (χ4v) is 2.71. The number of aryl methyl sites for hydroxylation is 1. The highest BCUT2D eigenvalue weighted by Gasteiger charge is 2.18. The van der Waals surface area contributed by atoms with Crippen LogP contribution in [0, 0.1) is 6.92 Å². The predicted octanol–water partition coefficient (Wildman–Crippen LogP) is 1.17. The lowest BCUT2D eigenvalue weighted by Gasteiger charge is -2.10. The smallest absolute Gasteiger partial charge is 0.251 e. The van der Waals surface area contributed by atoms with E-state index in [4.69, 9.17) is 18.0 Å². The minimum Gasteiger partial charge on any atom is -0.389 e. The van der Waals surface area contributed by atoms with E-state index < -0.39 is 23.0 Å². The number of hydrogen-bond donors (Lipinski definition) is 2. The van der Waals surface area contributed by atoms with E-state index in [1.807, 2.05) is 4.72 Å². The van der Waals surface area contributed by atoms with Crippen LogP contribution in [0.25, 0.3) is 0 Å². The molecule has 1 rings (SSSR count). The number of alkyl halides is 2. The number of rotatable bonds is 5. The summed E-state index contributed by atoms with van der Waals surface area (Å²) in [5.74, 6) is 0. The third-order valence-electron chi connectivity index (χ3n) is 2.18. The van der Waals surface area contributed by atoms with Crippen molar-refractivity contribution in [1.29, 1.82) is 0 Å². The standard InChI is InChI=1S/C10H12F2N2O2S2/c1-6-4-7(10(13)17)2-3-8(6)18(15,16)14-5-9(11)12/h2-4,9,14H,5H2,1H3,(H2,13,17). The number of benzene rings is 1. The molecule has 0 fully saturated rings. The zero-order chi connectivity index (χ0) is 13.9. The Morgan fingerprint density at radius 3 is 2.56 bits per heavy atom. The molecule has 0 aliphatic rings. The summed E-state index contributed by atoms with van der Waals surface area (Å²) in [6, 6.07) is 4.23. The van der Waals surface area contributed by atoms with Crippen LogP contribution in [0.5, 0.6) is 0 Å². The lowest BCUT2D eigenvalue weighted by Crippen LogP contribution is -2.29. The lowest BCUT2D eigenvalue weighted by atomic mass is 10.1. The summed E-state index contributed by atoms with van der Waals surface area (Å²) in [7, 11) is -3.94. The Bertz CT molecular complexity index is 559. The first kappa shape index (κ1) is 14.9. The highest BCUT2D eigenvalue weighted by molar-refractivity contribution is 7.89. The van der Waals surface area contributed by atoms with Gasteiger partial charge in [-0.05, 0) is 24.6 Å². The van der Waals surface area contributed by atoms with E-state index in [9.17, 15) is 17.2 Å². The minimum absolute atomic E-state index is 0.0665. The topological polar surface area (TPSA) is 72.2 Å². The second-order valence-corrected chi connectivity index (χ2v) is 5.76. The molecule has 0 aromatic heterocycles. The van der Waals surface area contributed by atoms with E-state index in [2.05, 4.69) is 0 Å². The molecule has 8 heteroatoms. The fraction of sp³-hybridized carbons (Fsp3) is 0.300. The van der Waals surface area contributed by atoms with Gasteiger partial charge in [0, 0.05) is 5.56 Å². The molecular weight excluding hydrogens is 282 g/mol. The van der Waals surface area contributed by atoms with Gasteiger partial charge in [0.05, 0.1) is 11.4 Å². The van der Waals surface area contributed by atoms with E-state index >= 15 is 0 Å². The zero-order valence-electron chi connectivity index (χ0n) is 9.48. The van der Waals surface area contributed by atoms with Crippen molar-refractivity contribution in [3.8, 4) is 0 Å². The minimum atomic E-state index is -3.94. The molecule has 4 nitrogen and oxygen atoms in total. The van der Waals surface area contributed by atoms with Crippen molar-refractivity contribution in [2.24, 2.45) is 5.73 Å². The maximum Gasteiger partial charge on any atom is 0.251 e. The Morgan fingerprint density at radius 2 is 2.11 bits per heavy atom. The van der Waals surface area contributed by atoms with Gasteiger partial charge in [-0.15, -0.1) is 0 Å². The third-order valence-corrected chi connectivity index (χ3v) is 4.00. The molecule has 0 aliphatic carbocycles. The molecular formula is C10H12F2N2O2S2. The van der Waals surface area contributed by atoms with E-state index in [1.54, 1.807) is 6.92 Å². The molecule has 0 amide bonds. The van der Waals surface area contributed by atoms with Crippen molar-refractivity contribution in [2.45, 2.75) is 18.2 Å². The van der Waals surface area contributed by atoms with Crippen LogP contribution in [0.4, 0.5) is 8.78 Å². The molecule has 18 heavy (non-hydrogen) atoms. The molecule has 0 unspecified atom stereocenters. The van der Waals surface area contributed by atoms with Gasteiger partial charge in [0.25, 0.3) is 6.43 Å². The van der Waals surface area contributed by atoms with Gasteiger partial charge < -0.3 is 5.73 Å². The summed E-state index contributed by atoms with van der Waals surface area (Å²) in [6.07, 6.45) is -2.74. The number of halogens is 2. The molecule has 0 aliphatic heterocycles. The van der Waals surface area contributed by atoms with E-state index in [-0.39, 0.29) is 9.88 Å². The SMILES string of the molecule is Cc1cc(C(N)=S)ccc1S(=O)(=O)NCC(F)F. The zero-order valence-corrected chi connectivity index (χ0v) is 11.1. The van der Waals surface area contributed by atoms with Crippen molar-refractivity contribution in [3.05, 3.63) is 29.3 Å². The van der Waals surface area contributed by atoms with Crippen LogP contribution in [0.3, 0.4) is 0 Å². The summed E-state index contributed by atoms with van der Waals surface area (Å²) in [5, 5.41) is 0. The van der Waals surface area contributed by atoms with Gasteiger partial charge in [0.1, 0.15) is 4.99 Å². The number of nitrogens with one attached hydrogen (secondary N) is 1. The van der Waals surface area contributed by atoms with Crippen LogP contribution in [0.1, 0.15) is 11.1 Å².